The van der Waals surface area contributed by atoms with E-state index in [-0.39, 0.29) is 5.69 Å². The lowest BCUT2D eigenvalue weighted by atomic mass is 10.4. The lowest BCUT2D eigenvalue weighted by Gasteiger charge is -2.11. The number of aromatic nitrogens is 4. The smallest absolute Gasteiger partial charge is 0.323 e. The molecule has 0 aliphatic heterocycles. The highest BCUT2D eigenvalue weighted by Crippen LogP contribution is 2.12. The minimum Gasteiger partial charge on any atom is -0.480 e. The summed E-state index contributed by atoms with van der Waals surface area (Å²) in [5.74, 6) is -0.971. The summed E-state index contributed by atoms with van der Waals surface area (Å²) in [4.78, 5) is 18.4. The van der Waals surface area contributed by atoms with Crippen molar-refractivity contribution in [3.63, 3.8) is 0 Å². The zero-order valence-corrected chi connectivity index (χ0v) is 11.1. The summed E-state index contributed by atoms with van der Waals surface area (Å²) in [6.07, 6.45) is 4.05. The molecular formula is C10H11N5O4S. The lowest BCUT2D eigenvalue weighted by molar-refractivity contribution is -0.136. The molecule has 0 bridgehead atoms. The van der Waals surface area contributed by atoms with Gasteiger partial charge in [0.15, 0.2) is 11.1 Å². The van der Waals surface area contributed by atoms with E-state index in [1.807, 2.05) is 0 Å². The molecule has 2 aromatic rings. The van der Waals surface area contributed by atoms with Gasteiger partial charge < -0.3 is 5.11 Å². The number of anilines is 1. The van der Waals surface area contributed by atoms with E-state index in [0.29, 0.717) is 5.82 Å². The standard InChI is InChI=1S/C10H11N5O4S/c1-7(10(16)17)20(18,19)14-8-2-3-9(12-4-8)15-6-11-5-13-15/h2-7,14H,1H3,(H,16,17). The predicted octanol–water partition coefficient (Wildman–Crippen LogP) is -0.123. The van der Waals surface area contributed by atoms with Crippen LogP contribution in [0.2, 0.25) is 0 Å². The molecule has 0 aliphatic carbocycles. The maximum atomic E-state index is 11.7. The van der Waals surface area contributed by atoms with E-state index in [2.05, 4.69) is 19.8 Å². The molecule has 9 nitrogen and oxygen atoms in total. The molecular weight excluding hydrogens is 286 g/mol. The van der Waals surface area contributed by atoms with E-state index < -0.39 is 21.2 Å². The van der Waals surface area contributed by atoms with Gasteiger partial charge in [-0.05, 0) is 19.1 Å². The molecule has 0 radical (unpaired) electrons. The molecule has 1 unspecified atom stereocenters. The van der Waals surface area contributed by atoms with Gasteiger partial charge in [0, 0.05) is 0 Å². The third-order valence-electron chi connectivity index (χ3n) is 2.47. The fourth-order valence-corrected chi connectivity index (χ4v) is 2.19. The van der Waals surface area contributed by atoms with E-state index in [1.165, 1.54) is 35.7 Å². The maximum absolute atomic E-state index is 11.7. The molecule has 2 heterocycles. The number of carboxylic acids is 1. The number of sulfonamides is 1. The van der Waals surface area contributed by atoms with Crippen LogP contribution >= 0.6 is 0 Å². The second-order valence-corrected chi connectivity index (χ2v) is 5.87. The summed E-state index contributed by atoms with van der Waals surface area (Å²) < 4.78 is 27.0. The SMILES string of the molecule is CC(C(=O)O)S(=O)(=O)Nc1ccc(-n2cncn2)nc1. The first-order valence-corrected chi connectivity index (χ1v) is 7.00. The largest absolute Gasteiger partial charge is 0.480 e. The highest BCUT2D eigenvalue weighted by molar-refractivity contribution is 7.94. The van der Waals surface area contributed by atoms with Crippen molar-refractivity contribution in [1.29, 1.82) is 0 Å². The van der Waals surface area contributed by atoms with Crippen LogP contribution in [-0.2, 0) is 14.8 Å². The molecule has 0 amide bonds. The number of aliphatic carboxylic acids is 1. The number of hydrogen-bond donors (Lipinski definition) is 2. The van der Waals surface area contributed by atoms with Crippen LogP contribution in [0.5, 0.6) is 0 Å². The predicted molar refractivity (Wildman–Crippen MR) is 68.8 cm³/mol. The monoisotopic (exact) mass is 297 g/mol. The first kappa shape index (κ1) is 13.9. The summed E-state index contributed by atoms with van der Waals surface area (Å²) in [7, 11) is -4.00. The average molecular weight is 297 g/mol. The Balaban J connectivity index is 2.18. The van der Waals surface area contributed by atoms with E-state index in [4.69, 9.17) is 5.11 Å². The van der Waals surface area contributed by atoms with Crippen molar-refractivity contribution >= 4 is 21.7 Å². The molecule has 0 aliphatic rings. The maximum Gasteiger partial charge on any atom is 0.323 e. The van der Waals surface area contributed by atoms with Crippen LogP contribution in [0.1, 0.15) is 6.92 Å². The minimum atomic E-state index is -4.00. The third kappa shape index (κ3) is 2.91. The molecule has 0 aromatic carbocycles. The van der Waals surface area contributed by atoms with Crippen molar-refractivity contribution in [2.24, 2.45) is 0 Å². The number of nitrogens with one attached hydrogen (secondary N) is 1. The van der Waals surface area contributed by atoms with E-state index in [0.717, 1.165) is 6.92 Å². The molecule has 0 saturated carbocycles. The quantitative estimate of drug-likeness (QED) is 0.787. The first-order valence-electron chi connectivity index (χ1n) is 5.45. The lowest BCUT2D eigenvalue weighted by Crippen LogP contribution is -2.32. The Morgan fingerprint density at radius 2 is 2.20 bits per heavy atom. The summed E-state index contributed by atoms with van der Waals surface area (Å²) in [5, 5.41) is 11.0. The fraction of sp³-hybridized carbons (Fsp3) is 0.200. The van der Waals surface area contributed by atoms with Gasteiger partial charge in [-0.1, -0.05) is 0 Å². The minimum absolute atomic E-state index is 0.168. The molecule has 106 valence electrons. The van der Waals surface area contributed by atoms with E-state index in [9.17, 15) is 13.2 Å². The molecule has 0 fully saturated rings. The second kappa shape index (κ2) is 5.25. The van der Waals surface area contributed by atoms with Crippen molar-refractivity contribution in [2.75, 3.05) is 4.72 Å². The molecule has 0 saturated heterocycles. The number of carboxylic acid groups (broad SMARTS) is 1. The van der Waals surface area contributed by atoms with Crippen LogP contribution in [0.25, 0.3) is 5.82 Å². The Labute approximate surface area is 114 Å². The van der Waals surface area contributed by atoms with Crippen LogP contribution in [0.3, 0.4) is 0 Å². The highest BCUT2D eigenvalue weighted by Gasteiger charge is 2.27. The average Bonchev–Trinajstić information content (AvgIpc) is 2.92. The first-order chi connectivity index (χ1) is 9.40. The zero-order valence-electron chi connectivity index (χ0n) is 10.3. The normalized spacial score (nSPS) is 12.8. The molecule has 2 rings (SSSR count). The van der Waals surface area contributed by atoms with Crippen LogP contribution in [0, 0.1) is 0 Å². The number of pyridine rings is 1. The van der Waals surface area contributed by atoms with Crippen molar-refractivity contribution in [1.82, 2.24) is 19.7 Å². The van der Waals surface area contributed by atoms with Crippen molar-refractivity contribution in [3.05, 3.63) is 31.0 Å². The third-order valence-corrected chi connectivity index (χ3v) is 4.13. The fourth-order valence-electron chi connectivity index (χ4n) is 1.29. The Morgan fingerprint density at radius 1 is 1.45 bits per heavy atom. The number of rotatable bonds is 5. The van der Waals surface area contributed by atoms with E-state index >= 15 is 0 Å². The molecule has 10 heteroatoms. The number of nitrogens with zero attached hydrogens (tertiary/aromatic N) is 4. The Kier molecular flexibility index (Phi) is 3.66. The Bertz CT molecular complexity index is 696. The van der Waals surface area contributed by atoms with Crippen molar-refractivity contribution in [2.45, 2.75) is 12.2 Å². The van der Waals surface area contributed by atoms with Gasteiger partial charge >= 0.3 is 5.97 Å². The van der Waals surface area contributed by atoms with Crippen molar-refractivity contribution in [3.8, 4) is 5.82 Å². The van der Waals surface area contributed by atoms with Crippen LogP contribution in [0.4, 0.5) is 5.69 Å². The summed E-state index contributed by atoms with van der Waals surface area (Å²) >= 11 is 0. The molecule has 2 aromatic heterocycles. The number of hydrogen-bond acceptors (Lipinski definition) is 6. The van der Waals surface area contributed by atoms with Crippen LogP contribution < -0.4 is 4.72 Å². The van der Waals surface area contributed by atoms with Crippen molar-refractivity contribution < 1.29 is 18.3 Å². The van der Waals surface area contributed by atoms with Gasteiger partial charge in [-0.2, -0.15) is 5.10 Å². The van der Waals surface area contributed by atoms with Crippen LogP contribution in [-0.4, -0.2) is 44.5 Å². The Morgan fingerprint density at radius 3 is 2.70 bits per heavy atom. The molecule has 20 heavy (non-hydrogen) atoms. The van der Waals surface area contributed by atoms with Gasteiger partial charge in [-0.15, -0.1) is 0 Å². The van der Waals surface area contributed by atoms with Gasteiger partial charge in [0.2, 0.25) is 10.0 Å². The molecule has 1 atom stereocenters. The summed E-state index contributed by atoms with van der Waals surface area (Å²) in [5.41, 5.74) is 0.168. The number of carbonyl (C=O) groups is 1. The van der Waals surface area contributed by atoms with Gasteiger partial charge in [-0.3, -0.25) is 9.52 Å². The highest BCUT2D eigenvalue weighted by atomic mass is 32.2. The summed E-state index contributed by atoms with van der Waals surface area (Å²) in [6.45, 7) is 1.09. The second-order valence-electron chi connectivity index (χ2n) is 3.87. The van der Waals surface area contributed by atoms with Gasteiger partial charge in [-0.25, -0.2) is 23.1 Å². The Hall–Kier alpha value is -2.49. The van der Waals surface area contributed by atoms with Gasteiger partial charge in [0.05, 0.1) is 11.9 Å². The summed E-state index contributed by atoms with van der Waals surface area (Å²) in [6, 6.07) is 2.98. The molecule has 2 N–H and O–H groups in total. The zero-order chi connectivity index (χ0) is 14.8. The van der Waals surface area contributed by atoms with E-state index in [1.54, 1.807) is 0 Å². The molecule has 0 spiro atoms. The topological polar surface area (TPSA) is 127 Å². The van der Waals surface area contributed by atoms with Gasteiger partial charge in [0.1, 0.15) is 12.7 Å². The van der Waals surface area contributed by atoms with Crippen LogP contribution in [0.15, 0.2) is 31.0 Å². The van der Waals surface area contributed by atoms with Gasteiger partial charge in [0.25, 0.3) is 0 Å².